The van der Waals surface area contributed by atoms with Crippen LogP contribution < -0.4 is 10.6 Å². The highest BCUT2D eigenvalue weighted by atomic mass is 16.6. The number of hydrogen-bond donors (Lipinski definition) is 3. The summed E-state index contributed by atoms with van der Waals surface area (Å²) in [5, 5.41) is 14.2. The van der Waals surface area contributed by atoms with Gasteiger partial charge in [-0.1, -0.05) is 5.92 Å². The standard InChI is InChI=1S/C15H24N2O6/c1-10(13(19)20)17-11(6-7-12(18)22-5)8-9-16-14(21)23-15(2,3)4/h10-11,17H,8-9H2,1-5H3,(H,16,21)(H,19,20)/t10-,11?/m0/s1. The van der Waals surface area contributed by atoms with Crippen molar-refractivity contribution in [2.24, 2.45) is 0 Å². The van der Waals surface area contributed by atoms with E-state index >= 15 is 0 Å². The number of ether oxygens (including phenoxy) is 2. The van der Waals surface area contributed by atoms with Crippen molar-refractivity contribution in [1.29, 1.82) is 0 Å². The average Bonchev–Trinajstić information content (AvgIpc) is 2.41. The number of alkyl carbamates (subject to hydrolysis) is 1. The molecule has 2 atom stereocenters. The Bertz CT molecular complexity index is 486. The molecule has 0 aromatic carbocycles. The van der Waals surface area contributed by atoms with Crippen LogP contribution in [-0.4, -0.2) is 54.5 Å². The highest BCUT2D eigenvalue weighted by Crippen LogP contribution is 2.06. The van der Waals surface area contributed by atoms with Gasteiger partial charge in [-0.2, -0.15) is 0 Å². The lowest BCUT2D eigenvalue weighted by molar-refractivity contribution is -0.139. The van der Waals surface area contributed by atoms with Crippen LogP contribution in [0.4, 0.5) is 4.79 Å². The molecule has 0 bridgehead atoms. The largest absolute Gasteiger partial charge is 0.480 e. The van der Waals surface area contributed by atoms with Crippen LogP contribution in [0.15, 0.2) is 0 Å². The number of rotatable bonds is 6. The third-order valence-corrected chi connectivity index (χ3v) is 2.46. The zero-order valence-electron chi connectivity index (χ0n) is 14.1. The van der Waals surface area contributed by atoms with Crippen LogP contribution in [0.2, 0.25) is 0 Å². The first-order valence-electron chi connectivity index (χ1n) is 7.10. The van der Waals surface area contributed by atoms with E-state index in [1.54, 1.807) is 20.8 Å². The maximum absolute atomic E-state index is 11.5. The van der Waals surface area contributed by atoms with Crippen molar-refractivity contribution in [2.75, 3.05) is 13.7 Å². The summed E-state index contributed by atoms with van der Waals surface area (Å²) in [4.78, 5) is 33.4. The molecule has 0 saturated heterocycles. The Balaban J connectivity index is 4.57. The molecule has 8 nitrogen and oxygen atoms in total. The molecule has 0 aliphatic heterocycles. The van der Waals surface area contributed by atoms with Crippen LogP contribution in [0.5, 0.6) is 0 Å². The van der Waals surface area contributed by atoms with Gasteiger partial charge in [0, 0.05) is 12.5 Å². The van der Waals surface area contributed by atoms with Crippen LogP contribution in [0, 0.1) is 11.8 Å². The van der Waals surface area contributed by atoms with Gasteiger partial charge in [-0.25, -0.2) is 9.59 Å². The van der Waals surface area contributed by atoms with E-state index < -0.39 is 35.7 Å². The van der Waals surface area contributed by atoms with E-state index in [9.17, 15) is 14.4 Å². The SMILES string of the molecule is COC(=O)C#CC(CCNC(=O)OC(C)(C)C)N[C@@H](C)C(=O)O. The first kappa shape index (κ1) is 20.7. The number of methoxy groups -OCH3 is 1. The van der Waals surface area contributed by atoms with E-state index in [0.717, 1.165) is 0 Å². The van der Waals surface area contributed by atoms with Gasteiger partial charge >= 0.3 is 18.0 Å². The third-order valence-electron chi connectivity index (χ3n) is 2.46. The molecular formula is C15H24N2O6. The minimum absolute atomic E-state index is 0.203. The monoisotopic (exact) mass is 328 g/mol. The molecule has 0 heterocycles. The summed E-state index contributed by atoms with van der Waals surface area (Å²) in [6, 6.07) is -1.45. The Labute approximate surface area is 135 Å². The van der Waals surface area contributed by atoms with Crippen molar-refractivity contribution in [3.05, 3.63) is 0 Å². The smallest absolute Gasteiger partial charge is 0.407 e. The number of carboxylic acids is 1. The topological polar surface area (TPSA) is 114 Å². The number of carbonyl (C=O) groups excluding carboxylic acids is 2. The van der Waals surface area contributed by atoms with Crippen molar-refractivity contribution in [3.63, 3.8) is 0 Å². The molecule has 0 aromatic heterocycles. The van der Waals surface area contributed by atoms with Crippen molar-refractivity contribution < 1.29 is 29.0 Å². The minimum atomic E-state index is -1.05. The number of amides is 1. The molecule has 0 saturated carbocycles. The number of esters is 1. The second kappa shape index (κ2) is 9.69. The fraction of sp³-hybridized carbons (Fsp3) is 0.667. The average molecular weight is 328 g/mol. The van der Waals surface area contributed by atoms with Crippen LogP contribution in [0.25, 0.3) is 0 Å². The van der Waals surface area contributed by atoms with E-state index in [1.165, 1.54) is 14.0 Å². The maximum atomic E-state index is 11.5. The molecule has 3 N–H and O–H groups in total. The molecule has 0 radical (unpaired) electrons. The minimum Gasteiger partial charge on any atom is -0.480 e. The van der Waals surface area contributed by atoms with Crippen molar-refractivity contribution in [1.82, 2.24) is 10.6 Å². The van der Waals surface area contributed by atoms with Gasteiger partial charge in [0.2, 0.25) is 0 Å². The lowest BCUT2D eigenvalue weighted by Crippen LogP contribution is -2.42. The fourth-order valence-corrected chi connectivity index (χ4v) is 1.40. The maximum Gasteiger partial charge on any atom is 0.407 e. The zero-order valence-corrected chi connectivity index (χ0v) is 14.1. The molecule has 0 aliphatic rings. The first-order chi connectivity index (χ1) is 10.5. The molecule has 0 fully saturated rings. The highest BCUT2D eigenvalue weighted by Gasteiger charge is 2.18. The van der Waals surface area contributed by atoms with Gasteiger partial charge in [-0.05, 0) is 34.1 Å². The number of hydrogen-bond acceptors (Lipinski definition) is 6. The van der Waals surface area contributed by atoms with E-state index in [4.69, 9.17) is 9.84 Å². The van der Waals surface area contributed by atoms with Gasteiger partial charge < -0.3 is 19.9 Å². The Kier molecular flexibility index (Phi) is 8.73. The normalized spacial score (nSPS) is 13.1. The first-order valence-corrected chi connectivity index (χ1v) is 7.10. The predicted molar refractivity (Wildman–Crippen MR) is 82.7 cm³/mol. The second-order valence-electron chi connectivity index (χ2n) is 5.76. The Morgan fingerprint density at radius 1 is 1.26 bits per heavy atom. The van der Waals surface area contributed by atoms with Gasteiger partial charge in [0.1, 0.15) is 11.6 Å². The van der Waals surface area contributed by atoms with Gasteiger partial charge in [0.15, 0.2) is 0 Å². The fourth-order valence-electron chi connectivity index (χ4n) is 1.40. The zero-order chi connectivity index (χ0) is 18.0. The second-order valence-corrected chi connectivity index (χ2v) is 5.76. The van der Waals surface area contributed by atoms with Crippen LogP contribution in [0.3, 0.4) is 0 Å². The van der Waals surface area contributed by atoms with Crippen LogP contribution >= 0.6 is 0 Å². The molecule has 8 heteroatoms. The van der Waals surface area contributed by atoms with Crippen molar-refractivity contribution >= 4 is 18.0 Å². The number of nitrogens with one attached hydrogen (secondary N) is 2. The molecule has 0 aliphatic carbocycles. The van der Waals surface area contributed by atoms with Gasteiger partial charge in [-0.15, -0.1) is 0 Å². The molecular weight excluding hydrogens is 304 g/mol. The van der Waals surface area contributed by atoms with Gasteiger partial charge in [0.05, 0.1) is 13.2 Å². The van der Waals surface area contributed by atoms with E-state index in [-0.39, 0.29) is 6.54 Å². The lowest BCUT2D eigenvalue weighted by Gasteiger charge is -2.20. The van der Waals surface area contributed by atoms with Crippen molar-refractivity contribution in [3.8, 4) is 11.8 Å². The van der Waals surface area contributed by atoms with E-state index in [0.29, 0.717) is 6.42 Å². The Morgan fingerprint density at radius 2 is 1.87 bits per heavy atom. The summed E-state index contributed by atoms with van der Waals surface area (Å²) in [7, 11) is 1.20. The van der Waals surface area contributed by atoms with Crippen molar-refractivity contribution in [2.45, 2.75) is 51.8 Å². The number of carbonyl (C=O) groups is 3. The third kappa shape index (κ3) is 11.0. The summed E-state index contributed by atoms with van der Waals surface area (Å²) < 4.78 is 9.48. The summed E-state index contributed by atoms with van der Waals surface area (Å²) >= 11 is 0. The number of carboxylic acid groups (broad SMARTS) is 1. The van der Waals surface area contributed by atoms with Crippen LogP contribution in [0.1, 0.15) is 34.1 Å². The summed E-state index contributed by atoms with van der Waals surface area (Å²) in [6.07, 6.45) is -0.288. The summed E-state index contributed by atoms with van der Waals surface area (Å²) in [6.45, 7) is 6.89. The lowest BCUT2D eigenvalue weighted by atomic mass is 10.1. The van der Waals surface area contributed by atoms with E-state index in [2.05, 4.69) is 27.2 Å². The molecule has 130 valence electrons. The van der Waals surface area contributed by atoms with Crippen LogP contribution in [-0.2, 0) is 19.1 Å². The van der Waals surface area contributed by atoms with Gasteiger partial charge in [-0.3, -0.25) is 10.1 Å². The molecule has 0 spiro atoms. The summed E-state index contributed by atoms with van der Waals surface area (Å²) in [5.41, 5.74) is -0.607. The molecule has 0 rings (SSSR count). The predicted octanol–water partition coefficient (Wildman–Crippen LogP) is 0.509. The molecule has 1 unspecified atom stereocenters. The van der Waals surface area contributed by atoms with E-state index in [1.807, 2.05) is 0 Å². The molecule has 23 heavy (non-hydrogen) atoms. The Hall–Kier alpha value is -2.27. The van der Waals surface area contributed by atoms with Gasteiger partial charge in [0.25, 0.3) is 0 Å². The molecule has 0 aromatic rings. The Morgan fingerprint density at radius 3 is 2.35 bits per heavy atom. The number of aliphatic carboxylic acids is 1. The summed E-state index contributed by atoms with van der Waals surface area (Å²) in [5.74, 6) is 3.06. The highest BCUT2D eigenvalue weighted by molar-refractivity contribution is 5.88. The quantitative estimate of drug-likeness (QED) is 0.370. The molecule has 1 amide bonds.